The van der Waals surface area contributed by atoms with Crippen LogP contribution < -0.4 is 5.73 Å². The zero-order valence-corrected chi connectivity index (χ0v) is 12.2. The van der Waals surface area contributed by atoms with Gasteiger partial charge in [0.2, 0.25) is 0 Å². The van der Waals surface area contributed by atoms with Crippen LogP contribution >= 0.6 is 0 Å². The summed E-state index contributed by atoms with van der Waals surface area (Å²) in [4.78, 5) is 0. The maximum absolute atomic E-state index is 14.3. The van der Waals surface area contributed by atoms with Crippen LogP contribution in [0.1, 0.15) is 28.3 Å². The monoisotopic (exact) mass is 279 g/mol. The summed E-state index contributed by atoms with van der Waals surface area (Å²) < 4.78 is 14.3. The third-order valence-corrected chi connectivity index (χ3v) is 4.07. The van der Waals surface area contributed by atoms with Gasteiger partial charge in [0, 0.05) is 5.56 Å². The van der Waals surface area contributed by atoms with Crippen LogP contribution in [-0.4, -0.2) is 0 Å². The Bertz CT molecular complexity index is 808. The highest BCUT2D eigenvalue weighted by Crippen LogP contribution is 2.30. The average Bonchev–Trinajstić information content (AvgIpc) is 2.50. The maximum atomic E-state index is 14.3. The third kappa shape index (κ3) is 2.32. The van der Waals surface area contributed by atoms with Crippen LogP contribution in [-0.2, 0) is 0 Å². The molecule has 2 N–H and O–H groups in total. The highest BCUT2D eigenvalue weighted by molar-refractivity contribution is 5.89. The first-order chi connectivity index (χ1) is 10.1. The Morgan fingerprint density at radius 1 is 0.762 bits per heavy atom. The van der Waals surface area contributed by atoms with Gasteiger partial charge in [0.25, 0.3) is 0 Å². The fourth-order valence-corrected chi connectivity index (χ4v) is 2.82. The summed E-state index contributed by atoms with van der Waals surface area (Å²) in [6.45, 7) is 3.84. The topological polar surface area (TPSA) is 26.0 Å². The molecule has 0 aliphatic carbocycles. The van der Waals surface area contributed by atoms with Gasteiger partial charge >= 0.3 is 0 Å². The SMILES string of the molecule is Cc1cccc(C(N)c2ccc(C)c3ccccc23)c1F. The van der Waals surface area contributed by atoms with Crippen molar-refractivity contribution in [2.45, 2.75) is 19.9 Å². The van der Waals surface area contributed by atoms with Gasteiger partial charge < -0.3 is 5.73 Å². The zero-order valence-electron chi connectivity index (χ0n) is 12.2. The smallest absolute Gasteiger partial charge is 0.131 e. The number of nitrogens with two attached hydrogens (primary N) is 1. The van der Waals surface area contributed by atoms with Gasteiger partial charge in [-0.05, 0) is 41.3 Å². The van der Waals surface area contributed by atoms with Gasteiger partial charge in [0.05, 0.1) is 6.04 Å². The summed E-state index contributed by atoms with van der Waals surface area (Å²) in [5.74, 6) is -0.213. The Kier molecular flexibility index (Phi) is 3.48. The van der Waals surface area contributed by atoms with Gasteiger partial charge in [-0.1, -0.05) is 54.6 Å². The van der Waals surface area contributed by atoms with Gasteiger partial charge in [0.15, 0.2) is 0 Å². The average molecular weight is 279 g/mol. The van der Waals surface area contributed by atoms with Gasteiger partial charge in [-0.25, -0.2) is 4.39 Å². The first kappa shape index (κ1) is 13.8. The number of hydrogen-bond acceptors (Lipinski definition) is 1. The molecule has 0 spiro atoms. The number of benzene rings is 3. The van der Waals surface area contributed by atoms with E-state index in [9.17, 15) is 4.39 Å². The molecule has 0 saturated heterocycles. The fraction of sp³-hybridized carbons (Fsp3) is 0.158. The van der Waals surface area contributed by atoms with Crippen molar-refractivity contribution in [2.75, 3.05) is 0 Å². The van der Waals surface area contributed by atoms with Crippen LogP contribution in [0.5, 0.6) is 0 Å². The number of rotatable bonds is 2. The van der Waals surface area contributed by atoms with Crippen molar-refractivity contribution < 1.29 is 4.39 Å². The zero-order chi connectivity index (χ0) is 15.0. The lowest BCUT2D eigenvalue weighted by atomic mass is 9.91. The Morgan fingerprint density at radius 2 is 1.48 bits per heavy atom. The van der Waals surface area contributed by atoms with Gasteiger partial charge in [-0.3, -0.25) is 0 Å². The van der Waals surface area contributed by atoms with Crippen molar-refractivity contribution >= 4 is 10.8 Å². The van der Waals surface area contributed by atoms with Crippen molar-refractivity contribution in [2.24, 2.45) is 5.73 Å². The molecule has 3 rings (SSSR count). The van der Waals surface area contributed by atoms with Crippen LogP contribution in [0.4, 0.5) is 4.39 Å². The van der Waals surface area contributed by atoms with E-state index < -0.39 is 6.04 Å². The molecule has 0 amide bonds. The molecule has 1 nitrogen and oxygen atoms in total. The first-order valence-electron chi connectivity index (χ1n) is 7.08. The van der Waals surface area contributed by atoms with E-state index in [2.05, 4.69) is 13.0 Å². The molecule has 21 heavy (non-hydrogen) atoms. The lowest BCUT2D eigenvalue weighted by molar-refractivity contribution is 0.591. The molecule has 0 saturated carbocycles. The van der Waals surface area contributed by atoms with E-state index in [1.165, 1.54) is 10.9 Å². The van der Waals surface area contributed by atoms with E-state index in [1.807, 2.05) is 36.4 Å². The summed E-state index contributed by atoms with van der Waals surface area (Å²) in [5, 5.41) is 2.25. The number of aryl methyl sites for hydroxylation is 2. The molecule has 1 atom stereocenters. The number of halogens is 1. The fourth-order valence-electron chi connectivity index (χ4n) is 2.82. The molecule has 0 bridgehead atoms. The van der Waals surface area contributed by atoms with Crippen molar-refractivity contribution in [3.8, 4) is 0 Å². The molecule has 3 aromatic rings. The Hall–Kier alpha value is -2.19. The van der Waals surface area contributed by atoms with Gasteiger partial charge in [-0.15, -0.1) is 0 Å². The molecule has 106 valence electrons. The summed E-state index contributed by atoms with van der Waals surface area (Å²) in [6.07, 6.45) is 0. The second-order valence-corrected chi connectivity index (χ2v) is 5.47. The van der Waals surface area contributed by atoms with Crippen LogP contribution in [0.25, 0.3) is 10.8 Å². The second kappa shape index (κ2) is 5.30. The standard InChI is InChI=1S/C19H18FN/c1-12-10-11-16(15-8-4-3-7-14(12)15)19(21)17-9-5-6-13(2)18(17)20/h3-11,19H,21H2,1-2H3. The lowest BCUT2D eigenvalue weighted by Crippen LogP contribution is -2.14. The van der Waals surface area contributed by atoms with E-state index in [4.69, 9.17) is 5.73 Å². The largest absolute Gasteiger partial charge is 0.320 e. The predicted molar refractivity (Wildman–Crippen MR) is 85.9 cm³/mol. The molecule has 0 heterocycles. The third-order valence-electron chi connectivity index (χ3n) is 4.07. The van der Waals surface area contributed by atoms with E-state index >= 15 is 0 Å². The van der Waals surface area contributed by atoms with E-state index in [0.29, 0.717) is 11.1 Å². The molecule has 0 fully saturated rings. The summed E-state index contributed by atoms with van der Waals surface area (Å²) >= 11 is 0. The van der Waals surface area contributed by atoms with Crippen molar-refractivity contribution in [1.82, 2.24) is 0 Å². The minimum Gasteiger partial charge on any atom is -0.320 e. The van der Waals surface area contributed by atoms with Crippen LogP contribution in [0.2, 0.25) is 0 Å². The molecule has 0 aliphatic heterocycles. The lowest BCUT2D eigenvalue weighted by Gasteiger charge is -2.17. The van der Waals surface area contributed by atoms with Crippen molar-refractivity contribution in [1.29, 1.82) is 0 Å². The van der Waals surface area contributed by atoms with Crippen LogP contribution in [0.3, 0.4) is 0 Å². The van der Waals surface area contributed by atoms with E-state index in [-0.39, 0.29) is 5.82 Å². The van der Waals surface area contributed by atoms with E-state index in [1.54, 1.807) is 19.1 Å². The summed E-state index contributed by atoms with van der Waals surface area (Å²) in [5.41, 5.74) is 9.69. The van der Waals surface area contributed by atoms with Crippen LogP contribution in [0.15, 0.2) is 54.6 Å². The van der Waals surface area contributed by atoms with Crippen molar-refractivity contribution in [3.63, 3.8) is 0 Å². The van der Waals surface area contributed by atoms with E-state index in [0.717, 1.165) is 10.9 Å². The highest BCUT2D eigenvalue weighted by Gasteiger charge is 2.17. The van der Waals surface area contributed by atoms with Crippen LogP contribution in [0, 0.1) is 19.7 Å². The number of fused-ring (bicyclic) bond motifs is 1. The Morgan fingerprint density at radius 3 is 2.24 bits per heavy atom. The molecule has 1 unspecified atom stereocenters. The molecular weight excluding hydrogens is 261 g/mol. The number of hydrogen-bond donors (Lipinski definition) is 1. The first-order valence-corrected chi connectivity index (χ1v) is 7.08. The Balaban J connectivity index is 2.21. The summed E-state index contributed by atoms with van der Waals surface area (Å²) in [6, 6.07) is 17.1. The molecule has 0 radical (unpaired) electrons. The molecule has 0 aliphatic rings. The van der Waals surface area contributed by atoms with Gasteiger partial charge in [-0.2, -0.15) is 0 Å². The highest BCUT2D eigenvalue weighted by atomic mass is 19.1. The van der Waals surface area contributed by atoms with Gasteiger partial charge in [0.1, 0.15) is 5.82 Å². The maximum Gasteiger partial charge on any atom is 0.131 e. The van der Waals surface area contributed by atoms with Crippen molar-refractivity contribution in [3.05, 3.63) is 82.7 Å². The molecule has 2 heteroatoms. The quantitative estimate of drug-likeness (QED) is 0.726. The minimum absolute atomic E-state index is 0.213. The normalized spacial score (nSPS) is 12.6. The molecule has 3 aromatic carbocycles. The Labute approximate surface area is 124 Å². The predicted octanol–water partition coefficient (Wildman–Crippen LogP) is 4.64. The second-order valence-electron chi connectivity index (χ2n) is 5.47. The minimum atomic E-state index is -0.463. The molecule has 0 aromatic heterocycles. The molecular formula is C19H18FN. The summed E-state index contributed by atoms with van der Waals surface area (Å²) in [7, 11) is 0.